The van der Waals surface area contributed by atoms with Crippen LogP contribution < -0.4 is 5.73 Å². The maximum absolute atomic E-state index is 6.06. The van der Waals surface area contributed by atoms with Crippen LogP contribution in [-0.2, 0) is 6.42 Å². The van der Waals surface area contributed by atoms with E-state index in [-0.39, 0.29) is 0 Å². The van der Waals surface area contributed by atoms with Gasteiger partial charge >= 0.3 is 0 Å². The summed E-state index contributed by atoms with van der Waals surface area (Å²) in [5.74, 6) is 0. The van der Waals surface area contributed by atoms with Crippen LogP contribution in [0.3, 0.4) is 0 Å². The standard InChI is InChI=1S/C9H6Cl3N3S/c10-5-1-2-6(11)8(12)4(5)3-7-14-15-9(13)16-7/h1-2H,3H2,(H2,13,15). The van der Waals surface area contributed by atoms with Gasteiger partial charge in [-0.2, -0.15) is 0 Å². The third-order valence-corrected chi connectivity index (χ3v) is 3.90. The van der Waals surface area contributed by atoms with Crippen LogP contribution in [0, 0.1) is 0 Å². The minimum atomic E-state index is 0.421. The molecular weight excluding hydrogens is 289 g/mol. The van der Waals surface area contributed by atoms with Gasteiger partial charge in [0.05, 0.1) is 10.0 Å². The summed E-state index contributed by atoms with van der Waals surface area (Å²) in [5.41, 5.74) is 6.23. The molecule has 84 valence electrons. The zero-order valence-electron chi connectivity index (χ0n) is 7.88. The number of hydrogen-bond acceptors (Lipinski definition) is 4. The third-order valence-electron chi connectivity index (χ3n) is 1.95. The van der Waals surface area contributed by atoms with Gasteiger partial charge in [0.2, 0.25) is 5.13 Å². The highest BCUT2D eigenvalue weighted by Crippen LogP contribution is 2.33. The summed E-state index contributed by atoms with van der Waals surface area (Å²) in [6.07, 6.45) is 0.479. The minimum absolute atomic E-state index is 0.421. The van der Waals surface area contributed by atoms with Gasteiger partial charge < -0.3 is 5.73 Å². The fourth-order valence-corrected chi connectivity index (χ4v) is 2.52. The van der Waals surface area contributed by atoms with Crippen molar-refractivity contribution in [1.82, 2.24) is 10.2 Å². The molecule has 2 rings (SSSR count). The van der Waals surface area contributed by atoms with Crippen molar-refractivity contribution in [2.45, 2.75) is 6.42 Å². The van der Waals surface area contributed by atoms with E-state index in [9.17, 15) is 0 Å². The number of hydrogen-bond donors (Lipinski definition) is 1. The zero-order valence-corrected chi connectivity index (χ0v) is 11.0. The first-order chi connectivity index (χ1) is 7.58. The van der Waals surface area contributed by atoms with Crippen LogP contribution in [-0.4, -0.2) is 10.2 Å². The Morgan fingerprint density at radius 2 is 1.81 bits per heavy atom. The molecule has 1 aromatic heterocycles. The second kappa shape index (κ2) is 4.75. The van der Waals surface area contributed by atoms with E-state index in [1.54, 1.807) is 12.1 Å². The van der Waals surface area contributed by atoms with E-state index in [1.165, 1.54) is 11.3 Å². The van der Waals surface area contributed by atoms with Gasteiger partial charge in [-0.05, 0) is 17.7 Å². The second-order valence-corrected chi connectivity index (χ2v) is 5.32. The predicted molar refractivity (Wildman–Crippen MR) is 68.6 cm³/mol. The first-order valence-corrected chi connectivity index (χ1v) is 6.23. The summed E-state index contributed by atoms with van der Waals surface area (Å²) in [6, 6.07) is 3.36. The molecule has 2 N–H and O–H groups in total. The molecule has 1 aromatic carbocycles. The molecule has 0 atom stereocenters. The molecule has 1 heterocycles. The molecule has 3 nitrogen and oxygen atoms in total. The summed E-state index contributed by atoms with van der Waals surface area (Å²) in [4.78, 5) is 0. The lowest BCUT2D eigenvalue weighted by atomic mass is 10.1. The Bertz CT molecular complexity index is 527. The predicted octanol–water partition coefficient (Wildman–Crippen LogP) is 3.67. The molecule has 0 saturated heterocycles. The number of rotatable bonds is 2. The van der Waals surface area contributed by atoms with Crippen molar-refractivity contribution in [2.24, 2.45) is 0 Å². The van der Waals surface area contributed by atoms with Crippen LogP contribution in [0.15, 0.2) is 12.1 Å². The molecule has 0 saturated carbocycles. The summed E-state index contributed by atoms with van der Waals surface area (Å²) in [7, 11) is 0. The van der Waals surface area contributed by atoms with Crippen LogP contribution in [0.2, 0.25) is 15.1 Å². The molecule has 0 aliphatic carbocycles. The highest BCUT2D eigenvalue weighted by molar-refractivity contribution is 7.15. The Labute approximate surface area is 111 Å². The number of benzene rings is 1. The SMILES string of the molecule is Nc1nnc(Cc2c(Cl)ccc(Cl)c2Cl)s1. The van der Waals surface area contributed by atoms with Crippen molar-refractivity contribution in [3.05, 3.63) is 37.8 Å². The fraction of sp³-hybridized carbons (Fsp3) is 0.111. The number of halogens is 3. The van der Waals surface area contributed by atoms with Crippen LogP contribution in [0.1, 0.15) is 10.6 Å². The lowest BCUT2D eigenvalue weighted by Gasteiger charge is -2.05. The van der Waals surface area contributed by atoms with Crippen molar-refractivity contribution in [3.63, 3.8) is 0 Å². The molecule has 7 heteroatoms. The third kappa shape index (κ3) is 2.40. The van der Waals surface area contributed by atoms with Crippen molar-refractivity contribution >= 4 is 51.3 Å². The summed E-state index contributed by atoms with van der Waals surface area (Å²) < 4.78 is 0. The van der Waals surface area contributed by atoms with Gasteiger partial charge in [-0.3, -0.25) is 0 Å². The van der Waals surface area contributed by atoms with Gasteiger partial charge in [-0.25, -0.2) is 0 Å². The van der Waals surface area contributed by atoms with E-state index in [0.717, 1.165) is 10.6 Å². The number of nitrogens with two attached hydrogens (primary N) is 1. The summed E-state index contributed by atoms with van der Waals surface area (Å²) in [5, 5.41) is 10.3. The van der Waals surface area contributed by atoms with E-state index in [4.69, 9.17) is 40.5 Å². The lowest BCUT2D eigenvalue weighted by Crippen LogP contribution is -1.91. The van der Waals surface area contributed by atoms with E-state index in [0.29, 0.717) is 26.6 Å². The van der Waals surface area contributed by atoms with Crippen molar-refractivity contribution in [1.29, 1.82) is 0 Å². The van der Waals surface area contributed by atoms with E-state index >= 15 is 0 Å². The van der Waals surface area contributed by atoms with Crippen LogP contribution in [0.4, 0.5) is 5.13 Å². The van der Waals surface area contributed by atoms with Gasteiger partial charge in [0.15, 0.2) is 0 Å². The maximum Gasteiger partial charge on any atom is 0.203 e. The Hall–Kier alpha value is -0.550. The highest BCUT2D eigenvalue weighted by atomic mass is 35.5. The first kappa shape index (κ1) is 11.9. The quantitative estimate of drug-likeness (QED) is 0.860. The number of aromatic nitrogens is 2. The number of anilines is 1. The van der Waals surface area contributed by atoms with E-state index in [2.05, 4.69) is 10.2 Å². The Morgan fingerprint density at radius 3 is 2.44 bits per heavy atom. The molecule has 0 unspecified atom stereocenters. The van der Waals surface area contributed by atoms with Crippen LogP contribution >= 0.6 is 46.1 Å². The molecule has 0 radical (unpaired) electrons. The van der Waals surface area contributed by atoms with Crippen molar-refractivity contribution in [3.8, 4) is 0 Å². The zero-order chi connectivity index (χ0) is 11.7. The van der Waals surface area contributed by atoms with Crippen LogP contribution in [0.5, 0.6) is 0 Å². The first-order valence-electron chi connectivity index (χ1n) is 4.28. The molecule has 0 aliphatic heterocycles. The van der Waals surface area contributed by atoms with Crippen molar-refractivity contribution < 1.29 is 0 Å². The number of nitrogens with zero attached hydrogens (tertiary/aromatic N) is 2. The molecule has 0 fully saturated rings. The van der Waals surface area contributed by atoms with Gasteiger partial charge in [-0.1, -0.05) is 46.1 Å². The average molecular weight is 295 g/mol. The molecule has 0 spiro atoms. The Morgan fingerprint density at radius 1 is 1.12 bits per heavy atom. The normalized spacial score (nSPS) is 10.7. The summed E-state index contributed by atoms with van der Waals surface area (Å²) in [6.45, 7) is 0. The monoisotopic (exact) mass is 293 g/mol. The van der Waals surface area contributed by atoms with Crippen LogP contribution in [0.25, 0.3) is 0 Å². The van der Waals surface area contributed by atoms with E-state index in [1.807, 2.05) is 0 Å². The Kier molecular flexibility index (Phi) is 3.54. The molecule has 0 aliphatic rings. The lowest BCUT2D eigenvalue weighted by molar-refractivity contribution is 1.01. The maximum atomic E-state index is 6.06. The summed E-state index contributed by atoms with van der Waals surface area (Å²) >= 11 is 19.3. The molecule has 0 bridgehead atoms. The number of nitrogen functional groups attached to an aromatic ring is 1. The van der Waals surface area contributed by atoms with Crippen molar-refractivity contribution in [2.75, 3.05) is 5.73 Å². The van der Waals surface area contributed by atoms with Gasteiger partial charge in [-0.15, -0.1) is 10.2 Å². The van der Waals surface area contributed by atoms with E-state index < -0.39 is 0 Å². The fourth-order valence-electron chi connectivity index (χ4n) is 1.22. The minimum Gasteiger partial charge on any atom is -0.374 e. The van der Waals surface area contributed by atoms with Gasteiger partial charge in [0.25, 0.3) is 0 Å². The highest BCUT2D eigenvalue weighted by Gasteiger charge is 2.12. The Balaban J connectivity index is 2.37. The largest absolute Gasteiger partial charge is 0.374 e. The van der Waals surface area contributed by atoms with Gasteiger partial charge in [0.1, 0.15) is 5.01 Å². The topological polar surface area (TPSA) is 51.8 Å². The molecular formula is C9H6Cl3N3S. The molecule has 0 amide bonds. The van der Waals surface area contributed by atoms with Gasteiger partial charge in [0, 0.05) is 11.4 Å². The molecule has 16 heavy (non-hydrogen) atoms. The smallest absolute Gasteiger partial charge is 0.203 e. The average Bonchev–Trinajstić information content (AvgIpc) is 2.65. The molecule has 2 aromatic rings. The second-order valence-electron chi connectivity index (χ2n) is 3.03.